The number of halogens is 4. The van der Waals surface area contributed by atoms with Gasteiger partial charge in [0.05, 0.1) is 11.4 Å². The highest BCUT2D eigenvalue weighted by molar-refractivity contribution is 5.83. The minimum Gasteiger partial charge on any atom is -0.344 e. The number of hydrogen-bond acceptors (Lipinski definition) is 5. The number of carbonyl (C=O) groups excluding carboxylic acids is 4. The van der Waals surface area contributed by atoms with Crippen molar-refractivity contribution in [3.05, 3.63) is 88.6 Å². The molecule has 3 aromatic rings. The topological polar surface area (TPSA) is 130 Å². The fourth-order valence-corrected chi connectivity index (χ4v) is 4.13. The van der Waals surface area contributed by atoms with E-state index in [9.17, 15) is 41.5 Å². The van der Waals surface area contributed by atoms with E-state index in [1.807, 2.05) is 36.5 Å². The first-order chi connectivity index (χ1) is 20.9. The number of nitrogens with zero attached hydrogens (tertiary/aromatic N) is 2. The Labute approximate surface area is 250 Å². The summed E-state index contributed by atoms with van der Waals surface area (Å²) in [6, 6.07) is 15.9. The van der Waals surface area contributed by atoms with E-state index in [0.717, 1.165) is 18.5 Å². The van der Waals surface area contributed by atoms with Crippen molar-refractivity contribution >= 4 is 36.0 Å². The molecular weight excluding hydrogens is 586 g/mol. The second-order valence-electron chi connectivity index (χ2n) is 9.98. The molecule has 14 heteroatoms. The van der Waals surface area contributed by atoms with Crippen LogP contribution in [0.3, 0.4) is 0 Å². The fraction of sp³-hybridized carbons (Fsp3) is 0.300. The summed E-state index contributed by atoms with van der Waals surface area (Å²) < 4.78 is 50.8. The molecule has 2 aromatic carbocycles. The predicted octanol–water partition coefficient (Wildman–Crippen LogP) is 3.78. The van der Waals surface area contributed by atoms with Crippen molar-refractivity contribution in [3.63, 3.8) is 0 Å². The number of rotatable bonds is 7. The molecule has 0 spiro atoms. The van der Waals surface area contributed by atoms with Crippen LogP contribution in [0.5, 0.6) is 0 Å². The fourth-order valence-electron chi connectivity index (χ4n) is 4.13. The molecule has 2 fully saturated rings. The molecule has 0 bridgehead atoms. The molecule has 1 saturated heterocycles. The third-order valence-electron chi connectivity index (χ3n) is 6.56. The maximum Gasteiger partial charge on any atom is 0.471 e. The summed E-state index contributed by atoms with van der Waals surface area (Å²) in [5.74, 6) is -2.45. The van der Waals surface area contributed by atoms with Crippen molar-refractivity contribution in [1.29, 1.82) is 0 Å². The number of nitrogens with one attached hydrogen (secondary N) is 3. The Kier molecular flexibility index (Phi) is 11.8. The molecule has 3 N–H and O–H groups in total. The van der Waals surface area contributed by atoms with Gasteiger partial charge in [0.25, 0.3) is 5.56 Å². The maximum absolute atomic E-state index is 13.5. The molecule has 44 heavy (non-hydrogen) atoms. The average Bonchev–Trinajstić information content (AvgIpc) is 3.74. The molecule has 1 saturated carbocycles. The molecule has 1 unspecified atom stereocenters. The van der Waals surface area contributed by atoms with Crippen molar-refractivity contribution in [2.45, 2.75) is 38.4 Å². The van der Waals surface area contributed by atoms with E-state index in [4.69, 9.17) is 0 Å². The molecule has 1 aliphatic heterocycles. The lowest BCUT2D eigenvalue weighted by atomic mass is 10.2. The van der Waals surface area contributed by atoms with Crippen molar-refractivity contribution in [2.75, 3.05) is 23.7 Å². The Balaban J connectivity index is 0.000000187. The van der Waals surface area contributed by atoms with Gasteiger partial charge in [-0.3, -0.25) is 28.5 Å². The molecule has 0 radical (unpaired) electrons. The predicted molar refractivity (Wildman–Crippen MR) is 154 cm³/mol. The van der Waals surface area contributed by atoms with Crippen LogP contribution in [0.2, 0.25) is 0 Å². The first-order valence-electron chi connectivity index (χ1n) is 13.5. The van der Waals surface area contributed by atoms with Crippen molar-refractivity contribution < 1.29 is 36.7 Å². The van der Waals surface area contributed by atoms with Crippen LogP contribution in [0, 0.1) is 18.7 Å². The van der Waals surface area contributed by atoms with Gasteiger partial charge in [0.2, 0.25) is 18.7 Å². The van der Waals surface area contributed by atoms with Crippen LogP contribution in [-0.4, -0.2) is 59.4 Å². The second kappa shape index (κ2) is 15.5. The monoisotopic (exact) mass is 617 g/mol. The summed E-state index contributed by atoms with van der Waals surface area (Å²) >= 11 is 0. The Hall–Kier alpha value is -5.01. The molecule has 10 nitrogen and oxygen atoms in total. The smallest absolute Gasteiger partial charge is 0.344 e. The lowest BCUT2D eigenvalue weighted by Gasteiger charge is -2.17. The van der Waals surface area contributed by atoms with Gasteiger partial charge in [0, 0.05) is 49.1 Å². The van der Waals surface area contributed by atoms with Gasteiger partial charge in [-0.15, -0.1) is 0 Å². The Morgan fingerprint density at radius 2 is 1.61 bits per heavy atom. The number of benzene rings is 2. The number of alkyl halides is 3. The van der Waals surface area contributed by atoms with Crippen molar-refractivity contribution in [3.8, 4) is 5.69 Å². The molecule has 1 aromatic heterocycles. The number of aryl methyl sites for hydroxylation is 1. The Morgan fingerprint density at radius 1 is 0.932 bits per heavy atom. The zero-order chi connectivity index (χ0) is 32.3. The highest BCUT2D eigenvalue weighted by Crippen LogP contribution is 2.32. The van der Waals surface area contributed by atoms with Gasteiger partial charge in [-0.25, -0.2) is 4.39 Å². The molecule has 2 aliphatic rings. The zero-order valence-corrected chi connectivity index (χ0v) is 23.6. The average molecular weight is 618 g/mol. The number of likely N-dealkylation sites (tertiary alicyclic amines) is 1. The van der Waals surface area contributed by atoms with Gasteiger partial charge < -0.3 is 20.9 Å². The summed E-state index contributed by atoms with van der Waals surface area (Å²) in [7, 11) is 0. The Morgan fingerprint density at radius 3 is 2.18 bits per heavy atom. The van der Waals surface area contributed by atoms with E-state index >= 15 is 0 Å². The third kappa shape index (κ3) is 10.1. The summed E-state index contributed by atoms with van der Waals surface area (Å²) in [4.78, 5) is 55.5. The van der Waals surface area contributed by atoms with Crippen LogP contribution in [0.25, 0.3) is 5.69 Å². The highest BCUT2D eigenvalue weighted by Gasteiger charge is 2.42. The van der Waals surface area contributed by atoms with Gasteiger partial charge >= 0.3 is 12.1 Å². The van der Waals surface area contributed by atoms with Gasteiger partial charge in [-0.2, -0.15) is 13.2 Å². The molecule has 5 rings (SSSR count). The second-order valence-corrected chi connectivity index (χ2v) is 9.98. The molecular formula is C30H31F4N5O5. The van der Waals surface area contributed by atoms with E-state index in [2.05, 4.69) is 10.6 Å². The maximum atomic E-state index is 13.5. The number of carbonyl (C=O) groups is 4. The largest absolute Gasteiger partial charge is 0.471 e. The van der Waals surface area contributed by atoms with Crippen LogP contribution in [0.15, 0.2) is 71.7 Å². The molecule has 2 heterocycles. The number of aromatic nitrogens is 1. The van der Waals surface area contributed by atoms with Gasteiger partial charge in [0.1, 0.15) is 5.82 Å². The van der Waals surface area contributed by atoms with Crippen LogP contribution in [0.4, 0.5) is 28.9 Å². The quantitative estimate of drug-likeness (QED) is 0.275. The van der Waals surface area contributed by atoms with Gasteiger partial charge in [-0.1, -0.05) is 23.8 Å². The molecule has 4 amide bonds. The van der Waals surface area contributed by atoms with Crippen molar-refractivity contribution in [1.82, 2.24) is 14.8 Å². The number of hydrogen-bond donors (Lipinski definition) is 3. The minimum absolute atomic E-state index is 0.00811. The number of anilines is 2. The van der Waals surface area contributed by atoms with Gasteiger partial charge in [0.15, 0.2) is 0 Å². The van der Waals surface area contributed by atoms with E-state index in [1.165, 1.54) is 28.3 Å². The first-order valence-corrected chi connectivity index (χ1v) is 13.5. The van der Waals surface area contributed by atoms with E-state index in [1.54, 1.807) is 29.3 Å². The van der Waals surface area contributed by atoms with Crippen LogP contribution < -0.4 is 21.5 Å². The summed E-state index contributed by atoms with van der Waals surface area (Å²) in [6.07, 6.45) is -0.112. The Bertz CT molecular complexity index is 1510. The number of pyridine rings is 1. The lowest BCUT2D eigenvalue weighted by molar-refractivity contribution is -0.174. The molecule has 234 valence electrons. The van der Waals surface area contributed by atoms with Gasteiger partial charge in [-0.05, 0) is 56.5 Å². The van der Waals surface area contributed by atoms with E-state index in [0.29, 0.717) is 31.5 Å². The number of amides is 4. The standard InChI is InChI=1S/C12H9FN2O2.C10H13F3N2O2.C8H9NO/c13-10-7-9(4-5-11(10)14-8-16)15-6-2-1-3-12(15)17;11-10(12,13)9(17)14-7-3-4-15(5-7)8(16)6-1-2-6;1-7-2-4-8(5-3-7)9-6-10/h1-8H,(H,14,16);6-7H,1-5H2,(H,14,17);2-6H,1H3,(H,9,10). The first kappa shape index (κ1) is 33.5. The van der Waals surface area contributed by atoms with Crippen molar-refractivity contribution in [2.24, 2.45) is 5.92 Å². The lowest BCUT2D eigenvalue weighted by Crippen LogP contribution is -2.44. The minimum atomic E-state index is -4.85. The van der Waals surface area contributed by atoms with Crippen LogP contribution >= 0.6 is 0 Å². The highest BCUT2D eigenvalue weighted by atomic mass is 19.4. The zero-order valence-electron chi connectivity index (χ0n) is 23.6. The van der Waals surface area contributed by atoms with Crippen LogP contribution in [-0.2, 0) is 19.2 Å². The van der Waals surface area contributed by atoms with E-state index < -0.39 is 23.9 Å². The summed E-state index contributed by atoms with van der Waals surface area (Å²) in [6.45, 7) is 2.62. The van der Waals surface area contributed by atoms with Crippen LogP contribution in [0.1, 0.15) is 24.8 Å². The normalized spacial score (nSPS) is 15.5. The molecule has 1 aliphatic carbocycles. The third-order valence-corrected chi connectivity index (χ3v) is 6.56. The summed E-state index contributed by atoms with van der Waals surface area (Å²) in [5, 5.41) is 6.69. The molecule has 1 atom stereocenters. The van der Waals surface area contributed by atoms with E-state index in [-0.39, 0.29) is 29.6 Å². The SMILES string of the molecule is Cc1ccc(NC=O)cc1.O=C(C1CC1)N1CCC(NC(=O)C(F)(F)F)C1.O=CNc1ccc(-n2ccccc2=O)cc1F. The summed E-state index contributed by atoms with van der Waals surface area (Å²) in [5.41, 5.74) is 2.26.